The summed E-state index contributed by atoms with van der Waals surface area (Å²) in [6, 6.07) is -0.647. The Balaban J connectivity index is 3.52. The summed E-state index contributed by atoms with van der Waals surface area (Å²) in [5.41, 5.74) is 0. The fourth-order valence-corrected chi connectivity index (χ4v) is 10.1. The second kappa shape index (κ2) is 68.3. The van der Waals surface area contributed by atoms with Crippen molar-refractivity contribution in [1.29, 1.82) is 0 Å². The standard InChI is InChI=1S/C74H131NO3/c1-3-5-7-9-11-13-15-17-19-21-23-25-27-29-31-33-34-35-36-37-38-39-40-42-44-46-48-50-52-54-56-58-60-62-64-66-68-70-74(78)75-72(71-76)73(77)69-67-65-63-61-59-57-55-53-51-49-47-45-43-41-32-30-28-26-24-22-20-18-16-14-12-10-8-6-4-2/h5,7,11,13,17,19,23,25,29,31,34-35,37-38,59,61,67,69,72-73,76-77H,3-4,6,8-10,12,14-16,18,20-22,24,26-28,30,32-33,36,39-58,60,62-66,68,70-71H2,1-2H3,(H,75,78)/b7-5-,13-11-,19-17-,25-23-,31-29-,35-34-,38-37-,61-59+,69-67+. The minimum absolute atomic E-state index is 0.0735. The lowest BCUT2D eigenvalue weighted by Gasteiger charge is -2.19. The molecule has 1 amide bonds. The van der Waals surface area contributed by atoms with Crippen LogP contribution in [0.5, 0.6) is 0 Å². The molecule has 0 aliphatic rings. The quantitative estimate of drug-likeness (QED) is 0.0420. The lowest BCUT2D eigenvalue weighted by atomic mass is 10.0. The Labute approximate surface area is 486 Å². The van der Waals surface area contributed by atoms with Crippen molar-refractivity contribution in [3.63, 3.8) is 0 Å². The molecule has 0 aromatic carbocycles. The van der Waals surface area contributed by atoms with Crippen LogP contribution in [-0.2, 0) is 4.79 Å². The van der Waals surface area contributed by atoms with Gasteiger partial charge in [0.1, 0.15) is 0 Å². The molecule has 0 fully saturated rings. The number of aliphatic hydroxyl groups excluding tert-OH is 2. The van der Waals surface area contributed by atoms with Gasteiger partial charge in [0.25, 0.3) is 0 Å². The van der Waals surface area contributed by atoms with E-state index in [0.29, 0.717) is 6.42 Å². The number of hydrogen-bond acceptors (Lipinski definition) is 3. The van der Waals surface area contributed by atoms with Crippen LogP contribution in [0.4, 0.5) is 0 Å². The third kappa shape index (κ3) is 63.9. The third-order valence-corrected chi connectivity index (χ3v) is 15.2. The van der Waals surface area contributed by atoms with Gasteiger partial charge in [-0.3, -0.25) is 4.79 Å². The van der Waals surface area contributed by atoms with Crippen LogP contribution in [0.1, 0.15) is 335 Å². The number of aliphatic hydroxyl groups is 2. The molecule has 4 nitrogen and oxygen atoms in total. The molecular formula is C74H131NO3. The lowest BCUT2D eigenvalue weighted by molar-refractivity contribution is -0.123. The van der Waals surface area contributed by atoms with Crippen molar-refractivity contribution in [2.75, 3.05) is 6.61 Å². The Morgan fingerprint density at radius 2 is 0.577 bits per heavy atom. The molecule has 0 aromatic heterocycles. The van der Waals surface area contributed by atoms with Gasteiger partial charge in [-0.2, -0.15) is 0 Å². The molecule has 0 aliphatic heterocycles. The van der Waals surface area contributed by atoms with Crippen molar-refractivity contribution in [1.82, 2.24) is 5.32 Å². The minimum atomic E-state index is -0.869. The predicted molar refractivity (Wildman–Crippen MR) is 349 cm³/mol. The first-order valence-corrected chi connectivity index (χ1v) is 34.1. The van der Waals surface area contributed by atoms with Crippen LogP contribution < -0.4 is 5.32 Å². The summed E-state index contributed by atoms with van der Waals surface area (Å²) in [6.07, 6.45) is 103. The van der Waals surface area contributed by atoms with Gasteiger partial charge in [-0.1, -0.05) is 348 Å². The molecule has 0 rings (SSSR count). The monoisotopic (exact) mass is 1080 g/mol. The number of rotatable bonds is 62. The number of unbranched alkanes of at least 4 members (excludes halogenated alkanes) is 39. The Morgan fingerprint density at radius 1 is 0.321 bits per heavy atom. The van der Waals surface area contributed by atoms with Crippen LogP contribution in [0, 0.1) is 0 Å². The molecule has 0 saturated carbocycles. The highest BCUT2D eigenvalue weighted by Gasteiger charge is 2.18. The first-order chi connectivity index (χ1) is 38.7. The topological polar surface area (TPSA) is 69.6 Å². The van der Waals surface area contributed by atoms with Crippen molar-refractivity contribution in [3.05, 3.63) is 109 Å². The zero-order chi connectivity index (χ0) is 56.2. The number of allylic oxidation sites excluding steroid dienone is 17. The Kier molecular flexibility index (Phi) is 65.7. The van der Waals surface area contributed by atoms with Gasteiger partial charge in [-0.05, 0) is 89.9 Å². The van der Waals surface area contributed by atoms with Gasteiger partial charge in [-0.15, -0.1) is 0 Å². The highest BCUT2D eigenvalue weighted by Crippen LogP contribution is 2.18. The molecular weight excluding hydrogens is 951 g/mol. The van der Waals surface area contributed by atoms with Crippen molar-refractivity contribution in [2.45, 2.75) is 347 Å². The average molecular weight is 1080 g/mol. The Bertz CT molecular complexity index is 1460. The van der Waals surface area contributed by atoms with Crippen molar-refractivity contribution in [3.8, 4) is 0 Å². The summed E-state index contributed by atoms with van der Waals surface area (Å²) in [7, 11) is 0. The second-order valence-corrected chi connectivity index (χ2v) is 22.9. The Hall–Kier alpha value is -2.95. The van der Waals surface area contributed by atoms with Gasteiger partial charge in [0, 0.05) is 6.42 Å². The van der Waals surface area contributed by atoms with E-state index in [2.05, 4.69) is 116 Å². The van der Waals surface area contributed by atoms with Crippen molar-refractivity contribution in [2.24, 2.45) is 0 Å². The molecule has 0 spiro atoms. The van der Waals surface area contributed by atoms with E-state index >= 15 is 0 Å². The molecule has 0 aromatic rings. The highest BCUT2D eigenvalue weighted by atomic mass is 16.3. The van der Waals surface area contributed by atoms with Crippen LogP contribution in [0.3, 0.4) is 0 Å². The molecule has 0 heterocycles. The molecule has 3 N–H and O–H groups in total. The molecule has 0 saturated heterocycles. The molecule has 4 heteroatoms. The fourth-order valence-electron chi connectivity index (χ4n) is 10.1. The highest BCUT2D eigenvalue weighted by molar-refractivity contribution is 5.76. The van der Waals surface area contributed by atoms with E-state index in [0.717, 1.165) is 77.0 Å². The summed E-state index contributed by atoms with van der Waals surface area (Å²) in [4.78, 5) is 12.5. The lowest BCUT2D eigenvalue weighted by Crippen LogP contribution is -2.45. The first-order valence-electron chi connectivity index (χ1n) is 34.1. The maximum absolute atomic E-state index is 12.5. The summed E-state index contributed by atoms with van der Waals surface area (Å²) in [5, 5.41) is 23.3. The van der Waals surface area contributed by atoms with Gasteiger partial charge in [0.2, 0.25) is 5.91 Å². The molecule has 0 bridgehead atoms. The first kappa shape index (κ1) is 75.0. The van der Waals surface area contributed by atoms with E-state index in [9.17, 15) is 15.0 Å². The van der Waals surface area contributed by atoms with Crippen LogP contribution in [0.25, 0.3) is 0 Å². The van der Waals surface area contributed by atoms with Crippen LogP contribution in [-0.4, -0.2) is 34.9 Å². The van der Waals surface area contributed by atoms with Gasteiger partial charge in [-0.25, -0.2) is 0 Å². The number of hydrogen-bond donors (Lipinski definition) is 3. The van der Waals surface area contributed by atoms with Gasteiger partial charge in [0.05, 0.1) is 18.8 Å². The average Bonchev–Trinajstić information content (AvgIpc) is 3.44. The van der Waals surface area contributed by atoms with E-state index in [-0.39, 0.29) is 12.5 Å². The van der Waals surface area contributed by atoms with Crippen LogP contribution >= 0.6 is 0 Å². The maximum Gasteiger partial charge on any atom is 0.220 e. The maximum atomic E-state index is 12.5. The smallest absolute Gasteiger partial charge is 0.220 e. The molecule has 0 radical (unpaired) electrons. The summed E-state index contributed by atoms with van der Waals surface area (Å²) in [5.74, 6) is -0.0735. The SMILES string of the molecule is CC/C=C\C/C=C\C/C=C\C/C=C\C/C=C\C/C=C\C/C=C\CCCCCCCCCCCCCCCCCC(=O)NC(CO)C(O)/C=C/CC/C=C/CCCCCCCCCCCCCCCCCCCCCCCCC. The largest absolute Gasteiger partial charge is 0.394 e. The molecule has 0 aliphatic carbocycles. The molecule has 450 valence electrons. The van der Waals surface area contributed by atoms with E-state index in [1.54, 1.807) is 6.08 Å². The summed E-state index contributed by atoms with van der Waals surface area (Å²) in [6.45, 7) is 4.21. The minimum Gasteiger partial charge on any atom is -0.394 e. The van der Waals surface area contributed by atoms with Gasteiger partial charge >= 0.3 is 0 Å². The van der Waals surface area contributed by atoms with E-state index < -0.39 is 12.1 Å². The van der Waals surface area contributed by atoms with Gasteiger partial charge < -0.3 is 15.5 Å². The summed E-state index contributed by atoms with van der Waals surface area (Å²) >= 11 is 0. The number of amides is 1. The van der Waals surface area contributed by atoms with Crippen molar-refractivity contribution < 1.29 is 15.0 Å². The second-order valence-electron chi connectivity index (χ2n) is 22.9. The Morgan fingerprint density at radius 3 is 0.897 bits per heavy atom. The zero-order valence-electron chi connectivity index (χ0n) is 51.9. The number of carbonyl (C=O) groups excluding carboxylic acids is 1. The normalized spacial score (nSPS) is 13.4. The van der Waals surface area contributed by atoms with Crippen LogP contribution in [0.2, 0.25) is 0 Å². The summed E-state index contributed by atoms with van der Waals surface area (Å²) < 4.78 is 0. The predicted octanol–water partition coefficient (Wildman–Crippen LogP) is 23.4. The molecule has 2 unspecified atom stereocenters. The van der Waals surface area contributed by atoms with E-state index in [4.69, 9.17) is 0 Å². The number of nitrogens with one attached hydrogen (secondary N) is 1. The van der Waals surface area contributed by atoms with E-state index in [1.807, 2.05) is 6.08 Å². The number of carbonyl (C=O) groups is 1. The van der Waals surface area contributed by atoms with Gasteiger partial charge in [0.15, 0.2) is 0 Å². The fraction of sp³-hybridized carbons (Fsp3) is 0.743. The zero-order valence-corrected chi connectivity index (χ0v) is 51.9. The molecule has 2 atom stereocenters. The molecule has 78 heavy (non-hydrogen) atoms. The van der Waals surface area contributed by atoms with Crippen molar-refractivity contribution >= 4 is 5.91 Å². The van der Waals surface area contributed by atoms with Crippen LogP contribution in [0.15, 0.2) is 109 Å². The third-order valence-electron chi connectivity index (χ3n) is 15.2. The van der Waals surface area contributed by atoms with E-state index in [1.165, 1.54) is 238 Å².